The number of aromatic amines is 1. The molecule has 1 aromatic carbocycles. The van der Waals surface area contributed by atoms with Gasteiger partial charge < -0.3 is 15.0 Å². The van der Waals surface area contributed by atoms with Gasteiger partial charge in [-0.05, 0) is 24.3 Å². The largest absolute Gasteiger partial charge is 0.491 e. The number of nitrogens with one attached hydrogen (secondary N) is 2. The first-order valence-electron chi connectivity index (χ1n) is 6.53. The summed E-state index contributed by atoms with van der Waals surface area (Å²) in [5.74, 6) is 0.569. The fourth-order valence-electron chi connectivity index (χ4n) is 1.71. The zero-order valence-electron chi connectivity index (χ0n) is 11.9. The Bertz CT molecular complexity index is 701. The van der Waals surface area contributed by atoms with Crippen LogP contribution in [-0.4, -0.2) is 30.3 Å². The molecule has 0 aliphatic heterocycles. The second-order valence-corrected chi connectivity index (χ2v) is 5.94. The van der Waals surface area contributed by atoms with Crippen LogP contribution in [0, 0.1) is 0 Å². The van der Waals surface area contributed by atoms with E-state index in [0.29, 0.717) is 17.3 Å². The minimum absolute atomic E-state index is 0.176. The maximum atomic E-state index is 11.9. The van der Waals surface area contributed by atoms with E-state index >= 15 is 0 Å². The van der Waals surface area contributed by atoms with E-state index in [9.17, 15) is 9.59 Å². The van der Waals surface area contributed by atoms with Crippen molar-refractivity contribution in [3.05, 3.63) is 57.5 Å². The van der Waals surface area contributed by atoms with Crippen molar-refractivity contribution in [2.45, 2.75) is 4.90 Å². The van der Waals surface area contributed by atoms with Crippen molar-refractivity contribution in [1.82, 2.24) is 10.3 Å². The summed E-state index contributed by atoms with van der Waals surface area (Å²) in [6, 6.07) is 8.72. The van der Waals surface area contributed by atoms with Crippen molar-refractivity contribution < 1.29 is 9.53 Å². The fourth-order valence-corrected chi connectivity index (χ4v) is 2.60. The fraction of sp³-hybridized carbons (Fsp3) is 0.200. The van der Waals surface area contributed by atoms with Gasteiger partial charge in [0.25, 0.3) is 5.91 Å². The number of hydrogen-bond acceptors (Lipinski definition) is 4. The van der Waals surface area contributed by atoms with Crippen molar-refractivity contribution in [1.29, 1.82) is 0 Å². The monoisotopic (exact) mass is 338 g/mol. The van der Waals surface area contributed by atoms with Crippen molar-refractivity contribution >= 4 is 29.3 Å². The number of benzene rings is 1. The molecule has 2 N–H and O–H groups in total. The van der Waals surface area contributed by atoms with Gasteiger partial charge in [0.2, 0.25) is 5.43 Å². The number of methoxy groups -OCH3 is 1. The number of rotatable bonds is 6. The van der Waals surface area contributed by atoms with Gasteiger partial charge >= 0.3 is 0 Å². The molecule has 0 radical (unpaired) electrons. The van der Waals surface area contributed by atoms with Crippen LogP contribution < -0.4 is 15.5 Å². The topological polar surface area (TPSA) is 71.2 Å². The third-order valence-corrected chi connectivity index (χ3v) is 4.08. The molecule has 22 heavy (non-hydrogen) atoms. The Hall–Kier alpha value is -1.92. The van der Waals surface area contributed by atoms with Crippen LogP contribution in [0.4, 0.5) is 0 Å². The summed E-state index contributed by atoms with van der Waals surface area (Å²) < 4.78 is 4.85. The normalized spacial score (nSPS) is 10.3. The summed E-state index contributed by atoms with van der Waals surface area (Å²) in [4.78, 5) is 27.3. The van der Waals surface area contributed by atoms with Crippen LogP contribution >= 0.6 is 23.4 Å². The molecule has 2 aromatic rings. The molecule has 0 aliphatic carbocycles. The molecule has 0 atom stereocenters. The van der Waals surface area contributed by atoms with Crippen LogP contribution in [0.5, 0.6) is 5.75 Å². The van der Waals surface area contributed by atoms with Crippen LogP contribution in [0.25, 0.3) is 0 Å². The smallest absolute Gasteiger partial charge is 0.267 e. The number of carbonyl (C=O) groups is 1. The minimum atomic E-state index is -0.332. The lowest BCUT2D eigenvalue weighted by atomic mass is 10.3. The highest BCUT2D eigenvalue weighted by atomic mass is 35.5. The second kappa shape index (κ2) is 7.91. The number of thioether (sulfide) groups is 1. The molecule has 1 amide bonds. The Morgan fingerprint density at radius 2 is 2.09 bits per heavy atom. The minimum Gasteiger partial charge on any atom is -0.491 e. The number of hydrogen-bond donors (Lipinski definition) is 2. The van der Waals surface area contributed by atoms with E-state index in [0.717, 1.165) is 4.90 Å². The number of ether oxygens (including phenoxy) is 1. The molecule has 2 rings (SSSR count). The molecule has 0 fully saturated rings. The molecular weight excluding hydrogens is 324 g/mol. The Morgan fingerprint density at radius 1 is 1.36 bits per heavy atom. The molecule has 0 saturated heterocycles. The van der Waals surface area contributed by atoms with Crippen molar-refractivity contribution in [2.24, 2.45) is 0 Å². The first-order valence-corrected chi connectivity index (χ1v) is 7.90. The molecule has 0 spiro atoms. The Labute approximate surface area is 137 Å². The quantitative estimate of drug-likeness (QED) is 0.627. The molecule has 1 heterocycles. The average molecular weight is 339 g/mol. The Morgan fingerprint density at radius 3 is 2.73 bits per heavy atom. The highest BCUT2D eigenvalue weighted by Gasteiger charge is 2.08. The summed E-state index contributed by atoms with van der Waals surface area (Å²) in [5.41, 5.74) is -0.121. The number of halogens is 1. The standard InChI is InChI=1S/C15H15ClN2O3S/c1-21-14-9-18-12(8-13(14)19)15(20)17-6-7-22-11-4-2-10(16)3-5-11/h2-5,8-9H,6-7H2,1H3,(H,17,20)(H,18,19). The highest BCUT2D eigenvalue weighted by Crippen LogP contribution is 2.19. The van der Waals surface area contributed by atoms with Crippen LogP contribution in [0.2, 0.25) is 5.02 Å². The van der Waals surface area contributed by atoms with E-state index in [2.05, 4.69) is 10.3 Å². The maximum absolute atomic E-state index is 11.9. The molecular formula is C15H15ClN2O3S. The lowest BCUT2D eigenvalue weighted by Gasteiger charge is -2.06. The molecule has 7 heteroatoms. The van der Waals surface area contributed by atoms with Crippen molar-refractivity contribution in [3.63, 3.8) is 0 Å². The van der Waals surface area contributed by atoms with Gasteiger partial charge in [0, 0.05) is 34.5 Å². The van der Waals surface area contributed by atoms with E-state index in [1.54, 1.807) is 11.8 Å². The van der Waals surface area contributed by atoms with E-state index in [1.165, 1.54) is 19.4 Å². The van der Waals surface area contributed by atoms with E-state index in [-0.39, 0.29) is 22.8 Å². The van der Waals surface area contributed by atoms with Gasteiger partial charge in [-0.3, -0.25) is 9.59 Å². The summed E-state index contributed by atoms with van der Waals surface area (Å²) in [5, 5.41) is 3.44. The number of aromatic nitrogens is 1. The first kappa shape index (κ1) is 16.5. The second-order valence-electron chi connectivity index (χ2n) is 4.34. The number of H-pyrrole nitrogens is 1. The molecule has 5 nitrogen and oxygen atoms in total. The van der Waals surface area contributed by atoms with Gasteiger partial charge in [-0.2, -0.15) is 0 Å². The number of pyridine rings is 1. The van der Waals surface area contributed by atoms with Crippen LogP contribution in [-0.2, 0) is 0 Å². The van der Waals surface area contributed by atoms with E-state index < -0.39 is 0 Å². The summed E-state index contributed by atoms with van der Waals surface area (Å²) in [7, 11) is 1.40. The van der Waals surface area contributed by atoms with Crippen molar-refractivity contribution in [3.8, 4) is 5.75 Å². The van der Waals surface area contributed by atoms with Crippen LogP contribution in [0.1, 0.15) is 10.5 Å². The maximum Gasteiger partial charge on any atom is 0.267 e. The molecule has 0 aliphatic rings. The summed E-state index contributed by atoms with van der Waals surface area (Å²) in [6.45, 7) is 0.486. The molecule has 0 unspecified atom stereocenters. The summed E-state index contributed by atoms with van der Waals surface area (Å²) in [6.07, 6.45) is 1.37. The average Bonchev–Trinajstić information content (AvgIpc) is 2.53. The summed E-state index contributed by atoms with van der Waals surface area (Å²) >= 11 is 7.42. The lowest BCUT2D eigenvalue weighted by molar-refractivity contribution is 0.0951. The Kier molecular flexibility index (Phi) is 5.91. The SMILES string of the molecule is COc1c[nH]c(C(=O)NCCSc2ccc(Cl)cc2)cc1=O. The predicted octanol–water partition coefficient (Wildman–Crippen LogP) is 2.56. The number of amides is 1. The highest BCUT2D eigenvalue weighted by molar-refractivity contribution is 7.99. The third kappa shape index (κ3) is 4.54. The lowest BCUT2D eigenvalue weighted by Crippen LogP contribution is -2.27. The third-order valence-electron chi connectivity index (χ3n) is 2.81. The van der Waals surface area contributed by atoms with E-state index in [4.69, 9.17) is 16.3 Å². The first-order chi connectivity index (χ1) is 10.6. The van der Waals surface area contributed by atoms with Crippen LogP contribution in [0.3, 0.4) is 0 Å². The van der Waals surface area contributed by atoms with Crippen molar-refractivity contribution in [2.75, 3.05) is 19.4 Å². The van der Waals surface area contributed by atoms with Gasteiger partial charge in [-0.1, -0.05) is 11.6 Å². The molecule has 0 bridgehead atoms. The van der Waals surface area contributed by atoms with Gasteiger partial charge in [-0.15, -0.1) is 11.8 Å². The number of carbonyl (C=O) groups excluding carboxylic acids is 1. The molecule has 1 aromatic heterocycles. The molecule has 116 valence electrons. The van der Waals surface area contributed by atoms with E-state index in [1.807, 2.05) is 24.3 Å². The van der Waals surface area contributed by atoms with Crippen LogP contribution in [0.15, 0.2) is 46.2 Å². The van der Waals surface area contributed by atoms with Gasteiger partial charge in [0.05, 0.1) is 7.11 Å². The Balaban J connectivity index is 1.81. The van der Waals surface area contributed by atoms with Gasteiger partial charge in [-0.25, -0.2) is 0 Å². The zero-order valence-corrected chi connectivity index (χ0v) is 13.5. The molecule has 0 saturated carbocycles. The van der Waals surface area contributed by atoms with Gasteiger partial charge in [0.15, 0.2) is 5.75 Å². The van der Waals surface area contributed by atoms with Gasteiger partial charge in [0.1, 0.15) is 5.69 Å². The predicted molar refractivity (Wildman–Crippen MR) is 88.1 cm³/mol. The zero-order chi connectivity index (χ0) is 15.9.